The molecule has 5 rings (SSSR count). The first-order chi connectivity index (χ1) is 16.6. The molecule has 7 heteroatoms. The summed E-state index contributed by atoms with van der Waals surface area (Å²) in [5.41, 5.74) is 2.02. The zero-order valence-electron chi connectivity index (χ0n) is 18.2. The van der Waals surface area contributed by atoms with Crippen LogP contribution in [-0.4, -0.2) is 16.4 Å². The van der Waals surface area contributed by atoms with Crippen molar-refractivity contribution in [2.75, 3.05) is 5.32 Å². The zero-order valence-corrected chi connectivity index (χ0v) is 18.2. The SMILES string of the molecule is O=C(Cn1c2ccccc2c(=O)c2ccccc21)Nc1ccccc1C(=O)NCc1ccco1. The van der Waals surface area contributed by atoms with Gasteiger partial charge in [0, 0.05) is 10.8 Å². The van der Waals surface area contributed by atoms with Gasteiger partial charge in [0.1, 0.15) is 12.3 Å². The summed E-state index contributed by atoms with van der Waals surface area (Å²) < 4.78 is 7.07. The lowest BCUT2D eigenvalue weighted by molar-refractivity contribution is -0.116. The first-order valence-electron chi connectivity index (χ1n) is 10.8. The number of para-hydroxylation sites is 3. The van der Waals surface area contributed by atoms with Gasteiger partial charge in [-0.15, -0.1) is 0 Å². The second-order valence-corrected chi connectivity index (χ2v) is 7.81. The Bertz CT molecular complexity index is 1510. The van der Waals surface area contributed by atoms with Crippen LogP contribution in [0.1, 0.15) is 16.1 Å². The third-order valence-electron chi connectivity index (χ3n) is 5.63. The molecule has 34 heavy (non-hydrogen) atoms. The van der Waals surface area contributed by atoms with Crippen molar-refractivity contribution in [1.29, 1.82) is 0 Å². The summed E-state index contributed by atoms with van der Waals surface area (Å²) in [4.78, 5) is 38.8. The van der Waals surface area contributed by atoms with Crippen molar-refractivity contribution in [2.24, 2.45) is 0 Å². The fourth-order valence-corrected chi connectivity index (χ4v) is 4.05. The zero-order chi connectivity index (χ0) is 23.5. The van der Waals surface area contributed by atoms with Gasteiger partial charge in [0.2, 0.25) is 5.91 Å². The van der Waals surface area contributed by atoms with E-state index in [2.05, 4.69) is 10.6 Å². The maximum atomic E-state index is 13.1. The van der Waals surface area contributed by atoms with E-state index in [1.807, 2.05) is 28.8 Å². The predicted molar refractivity (Wildman–Crippen MR) is 131 cm³/mol. The number of furan rings is 1. The molecule has 0 fully saturated rings. The first-order valence-corrected chi connectivity index (χ1v) is 10.8. The molecule has 0 unspecified atom stereocenters. The molecule has 0 radical (unpaired) electrons. The molecule has 5 aromatic rings. The van der Waals surface area contributed by atoms with Crippen LogP contribution in [0, 0.1) is 0 Å². The molecule has 7 nitrogen and oxygen atoms in total. The van der Waals surface area contributed by atoms with Gasteiger partial charge < -0.3 is 19.6 Å². The smallest absolute Gasteiger partial charge is 0.253 e. The molecule has 0 bridgehead atoms. The number of amides is 2. The van der Waals surface area contributed by atoms with E-state index < -0.39 is 0 Å². The number of aromatic nitrogens is 1. The number of hydrogen-bond donors (Lipinski definition) is 2. The Hall–Kier alpha value is -4.65. The van der Waals surface area contributed by atoms with Gasteiger partial charge in [-0.1, -0.05) is 36.4 Å². The van der Waals surface area contributed by atoms with Gasteiger partial charge in [-0.25, -0.2) is 0 Å². The molecule has 0 aliphatic rings. The van der Waals surface area contributed by atoms with Gasteiger partial charge in [0.25, 0.3) is 5.91 Å². The minimum absolute atomic E-state index is 0.0242. The van der Waals surface area contributed by atoms with Gasteiger partial charge >= 0.3 is 0 Å². The van der Waals surface area contributed by atoms with Crippen LogP contribution in [0.4, 0.5) is 5.69 Å². The Labute approximate surface area is 194 Å². The molecular weight excluding hydrogens is 430 g/mol. The van der Waals surface area contributed by atoms with Crippen molar-refractivity contribution in [2.45, 2.75) is 13.1 Å². The Morgan fingerprint density at radius 3 is 2.12 bits per heavy atom. The standard InChI is InChI=1S/C27H21N3O4/c31-25(29-22-12-4-1-9-19(22)27(33)28-16-18-8-7-15-34-18)17-30-23-13-5-2-10-20(23)26(32)21-11-3-6-14-24(21)30/h1-15H,16-17H2,(H,28,33)(H,29,31). The molecule has 0 aliphatic heterocycles. The summed E-state index contributed by atoms with van der Waals surface area (Å²) in [5.74, 6) is -0.0105. The summed E-state index contributed by atoms with van der Waals surface area (Å²) in [6, 6.07) is 24.8. The lowest BCUT2D eigenvalue weighted by Crippen LogP contribution is -2.26. The highest BCUT2D eigenvalue weighted by atomic mass is 16.3. The van der Waals surface area contributed by atoms with E-state index in [1.54, 1.807) is 66.9 Å². The largest absolute Gasteiger partial charge is 0.467 e. The number of nitrogens with zero attached hydrogens (tertiary/aromatic N) is 1. The average Bonchev–Trinajstić information content (AvgIpc) is 3.39. The van der Waals surface area contributed by atoms with Crippen LogP contribution in [0.25, 0.3) is 21.8 Å². The van der Waals surface area contributed by atoms with Crippen LogP contribution in [0.5, 0.6) is 0 Å². The highest BCUT2D eigenvalue weighted by Gasteiger charge is 2.16. The third-order valence-corrected chi connectivity index (χ3v) is 5.63. The van der Waals surface area contributed by atoms with Crippen molar-refractivity contribution in [1.82, 2.24) is 9.88 Å². The Balaban J connectivity index is 1.43. The summed E-state index contributed by atoms with van der Waals surface area (Å²) in [6.45, 7) is 0.215. The molecule has 2 N–H and O–H groups in total. The number of anilines is 1. The molecule has 0 saturated carbocycles. The number of benzene rings is 3. The highest BCUT2D eigenvalue weighted by Crippen LogP contribution is 2.20. The number of hydrogen-bond acceptors (Lipinski definition) is 4. The van der Waals surface area contributed by atoms with Gasteiger partial charge in [-0.05, 0) is 48.5 Å². The molecule has 2 aromatic heterocycles. The van der Waals surface area contributed by atoms with Crippen LogP contribution in [-0.2, 0) is 17.9 Å². The second-order valence-electron chi connectivity index (χ2n) is 7.81. The lowest BCUT2D eigenvalue weighted by atomic mass is 10.1. The molecule has 2 amide bonds. The molecule has 168 valence electrons. The number of nitrogens with one attached hydrogen (secondary N) is 2. The van der Waals surface area contributed by atoms with Gasteiger partial charge in [0.15, 0.2) is 5.43 Å². The predicted octanol–water partition coefficient (Wildman–Crippen LogP) is 4.32. The van der Waals surface area contributed by atoms with E-state index in [4.69, 9.17) is 4.42 Å². The van der Waals surface area contributed by atoms with Gasteiger partial charge in [-0.2, -0.15) is 0 Å². The Morgan fingerprint density at radius 1 is 0.794 bits per heavy atom. The average molecular weight is 451 g/mol. The normalized spacial score (nSPS) is 10.9. The summed E-state index contributed by atoms with van der Waals surface area (Å²) in [5, 5.41) is 6.75. The van der Waals surface area contributed by atoms with Crippen LogP contribution in [0.3, 0.4) is 0 Å². The summed E-state index contributed by atoms with van der Waals surface area (Å²) >= 11 is 0. The van der Waals surface area contributed by atoms with E-state index in [0.29, 0.717) is 38.8 Å². The number of rotatable bonds is 6. The van der Waals surface area contributed by atoms with Crippen LogP contribution in [0.2, 0.25) is 0 Å². The number of carbonyl (C=O) groups excluding carboxylic acids is 2. The fourth-order valence-electron chi connectivity index (χ4n) is 4.05. The van der Waals surface area contributed by atoms with Gasteiger partial charge in [0.05, 0.1) is 35.1 Å². The molecule has 0 atom stereocenters. The quantitative estimate of drug-likeness (QED) is 0.376. The summed E-state index contributed by atoms with van der Waals surface area (Å²) in [7, 11) is 0. The van der Waals surface area contributed by atoms with Crippen molar-refractivity contribution in [3.05, 3.63) is 113 Å². The third kappa shape index (κ3) is 4.06. The molecular formula is C27H21N3O4. The molecule has 0 aliphatic carbocycles. The van der Waals surface area contributed by atoms with Gasteiger partial charge in [-0.3, -0.25) is 14.4 Å². The van der Waals surface area contributed by atoms with E-state index in [9.17, 15) is 14.4 Å². The Morgan fingerprint density at radius 2 is 1.44 bits per heavy atom. The van der Waals surface area contributed by atoms with E-state index in [-0.39, 0.29) is 30.3 Å². The lowest BCUT2D eigenvalue weighted by Gasteiger charge is -2.16. The second kappa shape index (κ2) is 9.07. The molecule has 2 heterocycles. The van der Waals surface area contributed by atoms with Crippen molar-refractivity contribution < 1.29 is 14.0 Å². The molecule has 0 saturated heterocycles. The van der Waals surface area contributed by atoms with Crippen LogP contribution in [0.15, 0.2) is 100 Å². The van der Waals surface area contributed by atoms with Crippen LogP contribution < -0.4 is 16.1 Å². The van der Waals surface area contributed by atoms with Crippen molar-refractivity contribution in [3.63, 3.8) is 0 Å². The highest BCUT2D eigenvalue weighted by molar-refractivity contribution is 6.04. The fraction of sp³-hybridized carbons (Fsp3) is 0.0741. The minimum Gasteiger partial charge on any atom is -0.467 e. The van der Waals surface area contributed by atoms with E-state index in [0.717, 1.165) is 0 Å². The molecule has 3 aromatic carbocycles. The Kier molecular flexibility index (Phi) is 5.66. The van der Waals surface area contributed by atoms with Crippen molar-refractivity contribution in [3.8, 4) is 0 Å². The maximum absolute atomic E-state index is 13.1. The maximum Gasteiger partial charge on any atom is 0.253 e. The monoisotopic (exact) mass is 451 g/mol. The molecule has 0 spiro atoms. The summed E-state index contributed by atoms with van der Waals surface area (Å²) in [6.07, 6.45) is 1.54. The topological polar surface area (TPSA) is 93.3 Å². The van der Waals surface area contributed by atoms with Crippen LogP contribution >= 0.6 is 0 Å². The van der Waals surface area contributed by atoms with E-state index in [1.165, 1.54) is 0 Å². The number of fused-ring (bicyclic) bond motifs is 2. The number of pyridine rings is 1. The van der Waals surface area contributed by atoms with Crippen molar-refractivity contribution >= 4 is 39.3 Å². The number of carbonyl (C=O) groups is 2. The minimum atomic E-state index is -0.327. The first kappa shape index (κ1) is 21.2. The van der Waals surface area contributed by atoms with E-state index >= 15 is 0 Å².